The van der Waals surface area contributed by atoms with Gasteiger partial charge in [0.2, 0.25) is 0 Å². The lowest BCUT2D eigenvalue weighted by Crippen LogP contribution is -2.23. The second-order valence-corrected chi connectivity index (χ2v) is 4.79. The number of fused-ring (bicyclic) bond motifs is 1. The molecular weight excluding hydrogens is 280 g/mol. The lowest BCUT2D eigenvalue weighted by molar-refractivity contribution is 0.451. The molecule has 0 fully saturated rings. The van der Waals surface area contributed by atoms with Crippen LogP contribution in [-0.4, -0.2) is 19.8 Å². The average Bonchev–Trinajstić information content (AvgIpc) is 2.49. The predicted octanol–water partition coefficient (Wildman–Crippen LogP) is 2.11. The van der Waals surface area contributed by atoms with Crippen molar-refractivity contribution in [2.24, 2.45) is 0 Å². The Labute approximate surface area is 126 Å². The van der Waals surface area contributed by atoms with Crippen molar-refractivity contribution in [1.82, 2.24) is 9.55 Å². The molecular formula is C17H12N2O3. The quantitative estimate of drug-likeness (QED) is 0.709. The van der Waals surface area contributed by atoms with Gasteiger partial charge in [-0.15, -0.1) is 6.42 Å². The van der Waals surface area contributed by atoms with Gasteiger partial charge in [0, 0.05) is 11.6 Å². The lowest BCUT2D eigenvalue weighted by Gasteiger charge is -2.12. The van der Waals surface area contributed by atoms with Crippen molar-refractivity contribution in [3.8, 4) is 35.2 Å². The molecule has 1 aromatic heterocycles. The van der Waals surface area contributed by atoms with Crippen LogP contribution >= 0.6 is 0 Å². The molecule has 0 bridgehead atoms. The molecule has 0 atom stereocenters. The van der Waals surface area contributed by atoms with Crippen LogP contribution < -0.4 is 5.56 Å². The number of aromatic hydroxyl groups is 2. The summed E-state index contributed by atoms with van der Waals surface area (Å²) in [6.07, 6.45) is 5.34. The molecule has 2 aromatic carbocycles. The summed E-state index contributed by atoms with van der Waals surface area (Å²) in [6.45, 7) is 0.0441. The maximum Gasteiger partial charge on any atom is 0.262 e. The van der Waals surface area contributed by atoms with Crippen LogP contribution in [0.5, 0.6) is 11.5 Å². The number of benzene rings is 2. The number of rotatable bonds is 2. The Morgan fingerprint density at radius 1 is 1.14 bits per heavy atom. The van der Waals surface area contributed by atoms with Crippen LogP contribution in [0.3, 0.4) is 0 Å². The Hall–Kier alpha value is -3.26. The predicted molar refractivity (Wildman–Crippen MR) is 83.6 cm³/mol. The zero-order valence-corrected chi connectivity index (χ0v) is 11.5. The van der Waals surface area contributed by atoms with E-state index in [2.05, 4.69) is 10.9 Å². The van der Waals surface area contributed by atoms with Crippen molar-refractivity contribution in [1.29, 1.82) is 0 Å². The number of phenols is 2. The highest BCUT2D eigenvalue weighted by Crippen LogP contribution is 2.27. The van der Waals surface area contributed by atoms with Gasteiger partial charge in [-0.05, 0) is 24.3 Å². The highest BCUT2D eigenvalue weighted by molar-refractivity contribution is 5.80. The zero-order chi connectivity index (χ0) is 15.7. The van der Waals surface area contributed by atoms with Crippen molar-refractivity contribution in [2.75, 3.05) is 0 Å². The van der Waals surface area contributed by atoms with Gasteiger partial charge in [-0.3, -0.25) is 9.36 Å². The number of aromatic nitrogens is 2. The van der Waals surface area contributed by atoms with E-state index in [1.54, 1.807) is 24.3 Å². The van der Waals surface area contributed by atoms with Crippen LogP contribution in [-0.2, 0) is 6.54 Å². The molecule has 0 amide bonds. The van der Waals surface area contributed by atoms with Gasteiger partial charge in [0.1, 0.15) is 17.3 Å². The van der Waals surface area contributed by atoms with E-state index in [0.29, 0.717) is 22.3 Å². The number of phenolic OH excluding ortho intramolecular Hbond substituents is 2. The minimum Gasteiger partial charge on any atom is -0.508 e. The molecule has 2 N–H and O–H groups in total. The summed E-state index contributed by atoms with van der Waals surface area (Å²) in [5.41, 5.74) is 0.676. The van der Waals surface area contributed by atoms with Gasteiger partial charge in [0.15, 0.2) is 0 Å². The largest absolute Gasteiger partial charge is 0.508 e. The van der Waals surface area contributed by atoms with E-state index < -0.39 is 0 Å². The Morgan fingerprint density at radius 2 is 1.82 bits per heavy atom. The first kappa shape index (κ1) is 13.7. The van der Waals surface area contributed by atoms with Gasteiger partial charge in [-0.2, -0.15) is 0 Å². The maximum absolute atomic E-state index is 12.6. The van der Waals surface area contributed by atoms with Crippen LogP contribution in [0.25, 0.3) is 22.3 Å². The third-order valence-corrected chi connectivity index (χ3v) is 3.27. The van der Waals surface area contributed by atoms with Crippen molar-refractivity contribution < 1.29 is 10.2 Å². The zero-order valence-electron chi connectivity index (χ0n) is 11.5. The molecule has 0 saturated carbocycles. The van der Waals surface area contributed by atoms with Crippen LogP contribution in [0.2, 0.25) is 0 Å². The molecule has 0 aliphatic rings. The van der Waals surface area contributed by atoms with Crippen LogP contribution in [0, 0.1) is 12.3 Å². The summed E-state index contributed by atoms with van der Waals surface area (Å²) < 4.78 is 1.34. The van der Waals surface area contributed by atoms with E-state index in [4.69, 9.17) is 6.42 Å². The molecule has 22 heavy (non-hydrogen) atoms. The molecule has 0 aliphatic heterocycles. The van der Waals surface area contributed by atoms with Crippen LogP contribution in [0.15, 0.2) is 47.3 Å². The molecule has 0 unspecified atom stereocenters. The number of terminal acetylenes is 1. The third-order valence-electron chi connectivity index (χ3n) is 3.27. The normalized spacial score (nSPS) is 10.5. The minimum absolute atomic E-state index is 0.0441. The summed E-state index contributed by atoms with van der Waals surface area (Å²) in [5, 5.41) is 19.7. The molecule has 3 rings (SSSR count). The average molecular weight is 292 g/mol. The Bertz CT molecular complexity index is 948. The number of hydrogen-bond acceptors (Lipinski definition) is 4. The highest BCUT2D eigenvalue weighted by atomic mass is 16.3. The van der Waals surface area contributed by atoms with Crippen molar-refractivity contribution in [3.63, 3.8) is 0 Å². The summed E-state index contributed by atoms with van der Waals surface area (Å²) in [6, 6.07) is 11.0. The van der Waals surface area contributed by atoms with Crippen molar-refractivity contribution >= 4 is 10.9 Å². The van der Waals surface area contributed by atoms with E-state index in [9.17, 15) is 15.0 Å². The van der Waals surface area contributed by atoms with Gasteiger partial charge in [0.05, 0.1) is 17.4 Å². The number of para-hydroxylation sites is 1. The Kier molecular flexibility index (Phi) is 3.28. The molecule has 0 saturated heterocycles. The first-order valence-corrected chi connectivity index (χ1v) is 6.56. The van der Waals surface area contributed by atoms with Gasteiger partial charge in [0.25, 0.3) is 5.56 Å². The molecule has 0 spiro atoms. The van der Waals surface area contributed by atoms with Gasteiger partial charge in [-0.25, -0.2) is 4.98 Å². The SMILES string of the molecule is C#CCn1c(-c2cc(O)cc(O)c2)nc2ccccc2c1=O. The summed E-state index contributed by atoms with van der Waals surface area (Å²) in [5.74, 6) is 2.48. The monoisotopic (exact) mass is 292 g/mol. The fraction of sp³-hybridized carbons (Fsp3) is 0.0588. The highest BCUT2D eigenvalue weighted by Gasteiger charge is 2.13. The second-order valence-electron chi connectivity index (χ2n) is 4.79. The van der Waals surface area contributed by atoms with Crippen LogP contribution in [0.4, 0.5) is 0 Å². The topological polar surface area (TPSA) is 75.3 Å². The Balaban J connectivity index is 2.39. The fourth-order valence-electron chi connectivity index (χ4n) is 2.35. The first-order valence-electron chi connectivity index (χ1n) is 6.56. The fourth-order valence-corrected chi connectivity index (χ4v) is 2.35. The summed E-state index contributed by atoms with van der Waals surface area (Å²) in [4.78, 5) is 17.0. The van der Waals surface area contributed by atoms with Crippen LogP contribution in [0.1, 0.15) is 0 Å². The summed E-state index contributed by atoms with van der Waals surface area (Å²) in [7, 11) is 0. The summed E-state index contributed by atoms with van der Waals surface area (Å²) >= 11 is 0. The third kappa shape index (κ3) is 2.27. The minimum atomic E-state index is -0.263. The van der Waals surface area contributed by atoms with Crippen molar-refractivity contribution in [2.45, 2.75) is 6.54 Å². The number of nitrogens with zero attached hydrogens (tertiary/aromatic N) is 2. The second kappa shape index (κ2) is 5.26. The van der Waals surface area contributed by atoms with E-state index in [1.807, 2.05) is 0 Å². The molecule has 5 heteroatoms. The standard InChI is InChI=1S/C17H12N2O3/c1-2-7-19-16(11-8-12(20)10-13(21)9-11)18-15-6-4-3-5-14(15)17(19)22/h1,3-6,8-10,20-21H,7H2. The van der Waals surface area contributed by atoms with Crippen molar-refractivity contribution in [3.05, 3.63) is 52.8 Å². The molecule has 108 valence electrons. The van der Waals surface area contributed by atoms with E-state index in [1.165, 1.54) is 22.8 Å². The Morgan fingerprint density at radius 3 is 2.50 bits per heavy atom. The molecule has 1 heterocycles. The molecule has 0 aliphatic carbocycles. The van der Waals surface area contributed by atoms with Gasteiger partial charge < -0.3 is 10.2 Å². The van der Waals surface area contributed by atoms with Gasteiger partial charge >= 0.3 is 0 Å². The van der Waals surface area contributed by atoms with E-state index in [0.717, 1.165) is 0 Å². The smallest absolute Gasteiger partial charge is 0.262 e. The van der Waals surface area contributed by atoms with E-state index >= 15 is 0 Å². The maximum atomic E-state index is 12.6. The first-order chi connectivity index (χ1) is 10.6. The van der Waals surface area contributed by atoms with E-state index in [-0.39, 0.29) is 23.6 Å². The molecule has 3 aromatic rings. The van der Waals surface area contributed by atoms with Gasteiger partial charge in [-0.1, -0.05) is 18.1 Å². The lowest BCUT2D eigenvalue weighted by atomic mass is 10.1. The molecule has 0 radical (unpaired) electrons. The molecule has 5 nitrogen and oxygen atoms in total. The number of hydrogen-bond donors (Lipinski definition) is 2.